The van der Waals surface area contributed by atoms with Gasteiger partial charge in [-0.1, -0.05) is 67.6 Å². The fourth-order valence-electron chi connectivity index (χ4n) is 4.24. The van der Waals surface area contributed by atoms with E-state index in [0.29, 0.717) is 11.3 Å². The van der Waals surface area contributed by atoms with Gasteiger partial charge in [0.1, 0.15) is 6.04 Å². The van der Waals surface area contributed by atoms with Gasteiger partial charge in [0.2, 0.25) is 6.10 Å². The number of rotatable bonds is 7. The molecule has 1 aliphatic heterocycles. The number of anilines is 1. The minimum Gasteiger partial charge on any atom is -0.446 e. The molecule has 0 unspecified atom stereocenters. The summed E-state index contributed by atoms with van der Waals surface area (Å²) in [5, 5.41) is 2.88. The SMILES string of the molecule is CC[C@@H](C(=O)O[C@H](C(=O)Nc1c(C)cccc1C)c1ccccc1)N1C(=O)c2ccccc2C1=O. The lowest BCUT2D eigenvalue weighted by atomic mass is 10.1. The summed E-state index contributed by atoms with van der Waals surface area (Å²) in [6.45, 7) is 5.44. The lowest BCUT2D eigenvalue weighted by molar-refractivity contribution is -0.158. The number of carbonyl (C=O) groups excluding carboxylic acids is 4. The van der Waals surface area contributed by atoms with E-state index in [1.807, 2.05) is 32.0 Å². The number of nitrogens with zero attached hydrogens (tertiary/aromatic N) is 1. The van der Waals surface area contributed by atoms with E-state index in [9.17, 15) is 19.2 Å². The lowest BCUT2D eigenvalue weighted by Gasteiger charge is -2.26. The Bertz CT molecular complexity index is 1250. The summed E-state index contributed by atoms with van der Waals surface area (Å²) < 4.78 is 5.71. The Morgan fingerprint density at radius 3 is 1.91 bits per heavy atom. The molecule has 178 valence electrons. The van der Waals surface area contributed by atoms with Gasteiger partial charge in [-0.05, 0) is 43.5 Å². The number of benzene rings is 3. The maximum absolute atomic E-state index is 13.4. The van der Waals surface area contributed by atoms with Crippen molar-refractivity contribution in [1.82, 2.24) is 4.90 Å². The van der Waals surface area contributed by atoms with Crippen molar-refractivity contribution in [3.05, 3.63) is 101 Å². The van der Waals surface area contributed by atoms with Crippen molar-refractivity contribution in [3.63, 3.8) is 0 Å². The van der Waals surface area contributed by atoms with Crippen LogP contribution in [-0.2, 0) is 14.3 Å². The Labute approximate surface area is 203 Å². The average molecular weight is 471 g/mol. The van der Waals surface area contributed by atoms with Crippen molar-refractivity contribution in [2.24, 2.45) is 0 Å². The second-order valence-electron chi connectivity index (χ2n) is 8.43. The van der Waals surface area contributed by atoms with E-state index in [0.717, 1.165) is 16.0 Å². The summed E-state index contributed by atoms with van der Waals surface area (Å²) in [7, 11) is 0. The molecule has 0 saturated carbocycles. The molecule has 3 amide bonds. The zero-order valence-corrected chi connectivity index (χ0v) is 19.8. The summed E-state index contributed by atoms with van der Waals surface area (Å²) in [4.78, 5) is 53.5. The highest BCUT2D eigenvalue weighted by atomic mass is 16.5. The van der Waals surface area contributed by atoms with Crippen LogP contribution in [-0.4, -0.2) is 34.6 Å². The molecule has 0 aromatic heterocycles. The van der Waals surface area contributed by atoms with Gasteiger partial charge in [0.15, 0.2) is 0 Å². The maximum Gasteiger partial charge on any atom is 0.330 e. The number of carbonyl (C=O) groups is 4. The summed E-state index contributed by atoms with van der Waals surface area (Å²) in [5.74, 6) is -2.46. The Kier molecular flexibility index (Phi) is 6.78. The van der Waals surface area contributed by atoms with Crippen LogP contribution in [0.15, 0.2) is 72.8 Å². The van der Waals surface area contributed by atoms with Crippen molar-refractivity contribution in [3.8, 4) is 0 Å². The van der Waals surface area contributed by atoms with E-state index in [2.05, 4.69) is 5.32 Å². The molecule has 35 heavy (non-hydrogen) atoms. The number of fused-ring (bicyclic) bond motifs is 1. The van der Waals surface area contributed by atoms with E-state index in [4.69, 9.17) is 4.74 Å². The van der Waals surface area contributed by atoms with E-state index >= 15 is 0 Å². The molecule has 0 spiro atoms. The summed E-state index contributed by atoms with van der Waals surface area (Å²) in [5.41, 5.74) is 3.35. The highest BCUT2D eigenvalue weighted by molar-refractivity contribution is 6.22. The molecule has 4 rings (SSSR count). The number of imide groups is 1. The average Bonchev–Trinajstić information content (AvgIpc) is 3.11. The number of para-hydroxylation sites is 1. The first kappa shape index (κ1) is 23.9. The van der Waals surface area contributed by atoms with Crippen molar-refractivity contribution in [2.75, 3.05) is 5.32 Å². The van der Waals surface area contributed by atoms with Crippen LogP contribution in [0.25, 0.3) is 0 Å². The van der Waals surface area contributed by atoms with Crippen molar-refractivity contribution < 1.29 is 23.9 Å². The zero-order valence-electron chi connectivity index (χ0n) is 19.8. The van der Waals surface area contributed by atoms with Gasteiger partial charge < -0.3 is 10.1 Å². The van der Waals surface area contributed by atoms with Crippen molar-refractivity contribution in [1.29, 1.82) is 0 Å². The van der Waals surface area contributed by atoms with Gasteiger partial charge in [-0.3, -0.25) is 19.3 Å². The molecule has 7 heteroatoms. The normalized spacial score (nSPS) is 14.3. The van der Waals surface area contributed by atoms with Crippen LogP contribution in [0.5, 0.6) is 0 Å². The monoisotopic (exact) mass is 470 g/mol. The third-order valence-corrected chi connectivity index (χ3v) is 6.10. The Morgan fingerprint density at radius 1 is 0.829 bits per heavy atom. The first-order valence-electron chi connectivity index (χ1n) is 11.4. The second-order valence-corrected chi connectivity index (χ2v) is 8.43. The Morgan fingerprint density at radius 2 is 1.37 bits per heavy atom. The van der Waals surface area contributed by atoms with Crippen LogP contribution in [0.4, 0.5) is 5.69 Å². The van der Waals surface area contributed by atoms with Gasteiger partial charge in [-0.25, -0.2) is 4.79 Å². The molecule has 0 aliphatic carbocycles. The van der Waals surface area contributed by atoms with Crippen molar-refractivity contribution >= 4 is 29.4 Å². The van der Waals surface area contributed by atoms with Gasteiger partial charge >= 0.3 is 5.97 Å². The molecule has 1 heterocycles. The Hall–Kier alpha value is -4.26. The lowest BCUT2D eigenvalue weighted by Crippen LogP contribution is -2.46. The number of hydrogen-bond donors (Lipinski definition) is 1. The molecular weight excluding hydrogens is 444 g/mol. The molecule has 0 fully saturated rings. The molecule has 0 radical (unpaired) electrons. The summed E-state index contributed by atoms with van der Waals surface area (Å²) in [6.07, 6.45) is -1.13. The molecule has 1 N–H and O–H groups in total. The standard InChI is InChI=1S/C28H26N2O5/c1-4-22(30-26(32)20-15-8-9-16-21(20)27(30)33)28(34)35-24(19-13-6-5-7-14-19)25(31)29-23-17(2)11-10-12-18(23)3/h5-16,22,24H,4H2,1-3H3,(H,29,31)/t22-,24-/m0/s1. The van der Waals surface area contributed by atoms with Gasteiger partial charge in [-0.15, -0.1) is 0 Å². The highest BCUT2D eigenvalue weighted by Gasteiger charge is 2.43. The van der Waals surface area contributed by atoms with Crippen LogP contribution in [0, 0.1) is 13.8 Å². The molecule has 2 atom stereocenters. The molecule has 7 nitrogen and oxygen atoms in total. The van der Waals surface area contributed by atoms with E-state index in [-0.39, 0.29) is 17.5 Å². The quantitative estimate of drug-likeness (QED) is 0.402. The topological polar surface area (TPSA) is 92.8 Å². The van der Waals surface area contributed by atoms with Crippen LogP contribution in [0.1, 0.15) is 56.9 Å². The number of nitrogens with one attached hydrogen (secondary N) is 1. The Balaban J connectivity index is 1.62. The summed E-state index contributed by atoms with van der Waals surface area (Å²) in [6, 6.07) is 19.6. The van der Waals surface area contributed by atoms with Crippen LogP contribution in [0.2, 0.25) is 0 Å². The molecule has 3 aromatic carbocycles. The highest BCUT2D eigenvalue weighted by Crippen LogP contribution is 2.29. The van der Waals surface area contributed by atoms with Gasteiger partial charge in [0.25, 0.3) is 17.7 Å². The fourth-order valence-corrected chi connectivity index (χ4v) is 4.24. The molecule has 0 bridgehead atoms. The summed E-state index contributed by atoms with van der Waals surface area (Å²) >= 11 is 0. The van der Waals surface area contributed by atoms with Crippen LogP contribution >= 0.6 is 0 Å². The number of amides is 3. The first-order chi connectivity index (χ1) is 16.8. The van der Waals surface area contributed by atoms with Gasteiger partial charge in [0, 0.05) is 11.3 Å². The van der Waals surface area contributed by atoms with Gasteiger partial charge in [0.05, 0.1) is 11.1 Å². The van der Waals surface area contributed by atoms with Crippen LogP contribution in [0.3, 0.4) is 0 Å². The fraction of sp³-hybridized carbons (Fsp3) is 0.214. The largest absolute Gasteiger partial charge is 0.446 e. The van der Waals surface area contributed by atoms with Crippen molar-refractivity contribution in [2.45, 2.75) is 39.3 Å². The molecular formula is C28H26N2O5. The first-order valence-corrected chi connectivity index (χ1v) is 11.4. The maximum atomic E-state index is 13.4. The number of hydrogen-bond acceptors (Lipinski definition) is 5. The third-order valence-electron chi connectivity index (χ3n) is 6.10. The molecule has 0 saturated heterocycles. The van der Waals surface area contributed by atoms with Crippen LogP contribution < -0.4 is 5.32 Å². The van der Waals surface area contributed by atoms with E-state index in [1.54, 1.807) is 61.5 Å². The van der Waals surface area contributed by atoms with E-state index in [1.165, 1.54) is 0 Å². The van der Waals surface area contributed by atoms with E-state index < -0.39 is 35.8 Å². The number of ether oxygens (including phenoxy) is 1. The number of aryl methyl sites for hydroxylation is 2. The second kappa shape index (κ2) is 9.93. The molecule has 3 aromatic rings. The minimum absolute atomic E-state index is 0.143. The zero-order chi connectivity index (χ0) is 25.1. The predicted molar refractivity (Wildman–Crippen MR) is 131 cm³/mol. The third kappa shape index (κ3) is 4.57. The minimum atomic E-state index is -1.27. The smallest absolute Gasteiger partial charge is 0.330 e. The molecule has 1 aliphatic rings. The predicted octanol–water partition coefficient (Wildman–Crippen LogP) is 4.60. The number of esters is 1. The van der Waals surface area contributed by atoms with Gasteiger partial charge in [-0.2, -0.15) is 0 Å².